The van der Waals surface area contributed by atoms with Crippen molar-refractivity contribution in [1.29, 1.82) is 0 Å². The minimum atomic E-state index is 0.0449. The molecule has 2 amide bonds. The molecule has 1 aromatic rings. The summed E-state index contributed by atoms with van der Waals surface area (Å²) in [6.45, 7) is 4.83. The van der Waals surface area contributed by atoms with Gasteiger partial charge in [0.2, 0.25) is 5.91 Å². The van der Waals surface area contributed by atoms with Crippen molar-refractivity contribution in [2.45, 2.75) is 25.4 Å². The Balaban J connectivity index is 1.41. The molecular formula is C17H25N3O3S. The zero-order chi connectivity index (χ0) is 16.8. The Hall–Kier alpha value is -1.44. The second-order valence-electron chi connectivity index (χ2n) is 6.34. The van der Waals surface area contributed by atoms with E-state index in [1.807, 2.05) is 22.4 Å². The average Bonchev–Trinajstić information content (AvgIpc) is 3.24. The van der Waals surface area contributed by atoms with Crippen LogP contribution in [0.15, 0.2) is 17.5 Å². The van der Waals surface area contributed by atoms with Crippen molar-refractivity contribution in [2.75, 3.05) is 45.9 Å². The van der Waals surface area contributed by atoms with Crippen LogP contribution >= 0.6 is 11.3 Å². The molecule has 132 valence electrons. The molecular weight excluding hydrogens is 326 g/mol. The summed E-state index contributed by atoms with van der Waals surface area (Å²) in [5.74, 6) is 0.151. The van der Waals surface area contributed by atoms with Crippen LogP contribution in [0.5, 0.6) is 0 Å². The van der Waals surface area contributed by atoms with Crippen LogP contribution in [0.4, 0.5) is 0 Å². The van der Waals surface area contributed by atoms with Crippen molar-refractivity contribution in [3.05, 3.63) is 22.4 Å². The Kier molecular flexibility index (Phi) is 6.23. The summed E-state index contributed by atoms with van der Waals surface area (Å²) in [7, 11) is 0. The monoisotopic (exact) mass is 351 g/mol. The summed E-state index contributed by atoms with van der Waals surface area (Å²) in [6, 6.07) is 3.77. The molecule has 0 aliphatic carbocycles. The first-order valence-electron chi connectivity index (χ1n) is 8.66. The largest absolute Gasteiger partial charge is 0.376 e. The van der Waals surface area contributed by atoms with Crippen LogP contribution in [0.3, 0.4) is 0 Å². The van der Waals surface area contributed by atoms with Crippen molar-refractivity contribution in [2.24, 2.45) is 0 Å². The molecule has 1 N–H and O–H groups in total. The summed E-state index contributed by atoms with van der Waals surface area (Å²) in [6.07, 6.45) is 3.19. The predicted molar refractivity (Wildman–Crippen MR) is 93.3 cm³/mol. The van der Waals surface area contributed by atoms with Gasteiger partial charge in [-0.05, 0) is 30.7 Å². The molecule has 6 nitrogen and oxygen atoms in total. The Morgan fingerprint density at radius 3 is 2.92 bits per heavy atom. The third kappa shape index (κ3) is 4.78. The fraction of sp³-hybridized carbons (Fsp3) is 0.647. The van der Waals surface area contributed by atoms with Gasteiger partial charge in [0.1, 0.15) is 0 Å². The number of carbonyl (C=O) groups excluding carboxylic acids is 2. The highest BCUT2D eigenvalue weighted by atomic mass is 32.1. The number of carbonyl (C=O) groups is 2. The van der Waals surface area contributed by atoms with Crippen LogP contribution in [0.25, 0.3) is 0 Å². The van der Waals surface area contributed by atoms with Gasteiger partial charge in [-0.15, -0.1) is 11.3 Å². The van der Waals surface area contributed by atoms with E-state index in [9.17, 15) is 9.59 Å². The van der Waals surface area contributed by atoms with Gasteiger partial charge in [0.15, 0.2) is 0 Å². The second kappa shape index (κ2) is 8.60. The SMILES string of the molecule is O=C(CN1CCCN(C(=O)c2cccs2)CC1)NCC1CCCO1. The Morgan fingerprint density at radius 2 is 2.17 bits per heavy atom. The minimum absolute atomic E-state index is 0.0449. The second-order valence-corrected chi connectivity index (χ2v) is 7.29. The van der Waals surface area contributed by atoms with E-state index in [0.717, 1.165) is 50.4 Å². The molecule has 2 aliphatic heterocycles. The fourth-order valence-electron chi connectivity index (χ4n) is 3.18. The van der Waals surface area contributed by atoms with E-state index >= 15 is 0 Å². The average molecular weight is 351 g/mol. The maximum atomic E-state index is 12.4. The molecule has 2 fully saturated rings. The highest BCUT2D eigenvalue weighted by molar-refractivity contribution is 7.12. The van der Waals surface area contributed by atoms with Gasteiger partial charge in [0.25, 0.3) is 5.91 Å². The van der Waals surface area contributed by atoms with Gasteiger partial charge in [-0.3, -0.25) is 14.5 Å². The molecule has 3 rings (SSSR count). The van der Waals surface area contributed by atoms with Crippen LogP contribution < -0.4 is 5.32 Å². The Morgan fingerprint density at radius 1 is 1.25 bits per heavy atom. The van der Waals surface area contributed by atoms with E-state index in [0.29, 0.717) is 19.6 Å². The number of nitrogens with zero attached hydrogens (tertiary/aromatic N) is 2. The van der Waals surface area contributed by atoms with Gasteiger partial charge in [-0.2, -0.15) is 0 Å². The molecule has 0 spiro atoms. The molecule has 0 radical (unpaired) electrons. The molecule has 7 heteroatoms. The van der Waals surface area contributed by atoms with E-state index in [4.69, 9.17) is 4.74 Å². The van der Waals surface area contributed by atoms with Crippen molar-refractivity contribution in [3.63, 3.8) is 0 Å². The molecule has 0 saturated carbocycles. The Labute approximate surface area is 146 Å². The smallest absolute Gasteiger partial charge is 0.263 e. The molecule has 3 heterocycles. The first-order valence-corrected chi connectivity index (χ1v) is 9.54. The number of amides is 2. The molecule has 1 unspecified atom stereocenters. The normalized spacial score (nSPS) is 22.3. The minimum Gasteiger partial charge on any atom is -0.376 e. The number of ether oxygens (including phenoxy) is 1. The molecule has 0 aromatic carbocycles. The molecule has 1 aromatic heterocycles. The van der Waals surface area contributed by atoms with Gasteiger partial charge in [-0.25, -0.2) is 0 Å². The number of hydrogen-bond donors (Lipinski definition) is 1. The van der Waals surface area contributed by atoms with E-state index in [1.165, 1.54) is 11.3 Å². The van der Waals surface area contributed by atoms with Crippen molar-refractivity contribution in [3.8, 4) is 0 Å². The standard InChI is InChI=1S/C17H25N3O3S/c21-16(18-12-14-4-1-10-23-14)13-19-6-3-7-20(9-8-19)17(22)15-5-2-11-24-15/h2,5,11,14H,1,3-4,6-10,12-13H2,(H,18,21). The van der Waals surface area contributed by atoms with Crippen LogP contribution in [-0.2, 0) is 9.53 Å². The maximum absolute atomic E-state index is 12.4. The number of thiophene rings is 1. The van der Waals surface area contributed by atoms with Crippen LogP contribution in [0, 0.1) is 0 Å². The summed E-state index contributed by atoms with van der Waals surface area (Å²) in [5.41, 5.74) is 0. The van der Waals surface area contributed by atoms with Gasteiger partial charge in [0, 0.05) is 39.3 Å². The van der Waals surface area contributed by atoms with Crippen LogP contribution in [-0.4, -0.2) is 73.6 Å². The number of rotatable bonds is 5. The predicted octanol–water partition coefficient (Wildman–Crippen LogP) is 1.19. The van der Waals surface area contributed by atoms with Crippen LogP contribution in [0.1, 0.15) is 28.9 Å². The quantitative estimate of drug-likeness (QED) is 0.866. The van der Waals surface area contributed by atoms with Gasteiger partial charge < -0.3 is 15.0 Å². The van der Waals surface area contributed by atoms with E-state index < -0.39 is 0 Å². The van der Waals surface area contributed by atoms with Gasteiger partial charge in [0.05, 0.1) is 17.5 Å². The van der Waals surface area contributed by atoms with Gasteiger partial charge >= 0.3 is 0 Å². The van der Waals surface area contributed by atoms with Gasteiger partial charge in [-0.1, -0.05) is 6.07 Å². The first-order chi connectivity index (χ1) is 11.7. The summed E-state index contributed by atoms with van der Waals surface area (Å²) >= 11 is 1.48. The zero-order valence-electron chi connectivity index (χ0n) is 13.9. The van der Waals surface area contributed by atoms with Crippen molar-refractivity contribution in [1.82, 2.24) is 15.1 Å². The first kappa shape index (κ1) is 17.4. The summed E-state index contributed by atoms with van der Waals surface area (Å²) in [4.78, 5) is 29.3. The zero-order valence-corrected chi connectivity index (χ0v) is 14.7. The van der Waals surface area contributed by atoms with Crippen molar-refractivity contribution >= 4 is 23.2 Å². The molecule has 2 saturated heterocycles. The van der Waals surface area contributed by atoms with E-state index in [1.54, 1.807) is 0 Å². The molecule has 0 bridgehead atoms. The lowest BCUT2D eigenvalue weighted by Crippen LogP contribution is -2.41. The molecule has 24 heavy (non-hydrogen) atoms. The number of hydrogen-bond acceptors (Lipinski definition) is 5. The summed E-state index contributed by atoms with van der Waals surface area (Å²) in [5, 5.41) is 4.89. The van der Waals surface area contributed by atoms with Crippen molar-refractivity contribution < 1.29 is 14.3 Å². The molecule has 2 aliphatic rings. The lowest BCUT2D eigenvalue weighted by molar-refractivity contribution is -0.122. The van der Waals surface area contributed by atoms with E-state index in [-0.39, 0.29) is 17.9 Å². The highest BCUT2D eigenvalue weighted by Crippen LogP contribution is 2.14. The fourth-order valence-corrected chi connectivity index (χ4v) is 3.87. The molecule has 1 atom stereocenters. The Bertz CT molecular complexity index is 543. The summed E-state index contributed by atoms with van der Waals surface area (Å²) < 4.78 is 5.52. The highest BCUT2D eigenvalue weighted by Gasteiger charge is 2.22. The lowest BCUT2D eigenvalue weighted by atomic mass is 10.2. The third-order valence-electron chi connectivity index (χ3n) is 4.53. The third-order valence-corrected chi connectivity index (χ3v) is 5.38. The van der Waals surface area contributed by atoms with E-state index in [2.05, 4.69) is 10.2 Å². The number of nitrogens with one attached hydrogen (secondary N) is 1. The maximum Gasteiger partial charge on any atom is 0.263 e. The topological polar surface area (TPSA) is 61.9 Å². The lowest BCUT2D eigenvalue weighted by Gasteiger charge is -2.21. The van der Waals surface area contributed by atoms with Crippen LogP contribution in [0.2, 0.25) is 0 Å².